The van der Waals surface area contributed by atoms with Crippen molar-refractivity contribution in [3.63, 3.8) is 0 Å². The maximum absolute atomic E-state index is 12.2. The van der Waals surface area contributed by atoms with Gasteiger partial charge in [-0.25, -0.2) is 5.09 Å². The number of hydrogen-bond acceptors (Lipinski definition) is 4. The predicted octanol–water partition coefficient (Wildman–Crippen LogP) is 2.21. The maximum atomic E-state index is 12.2. The Balaban J connectivity index is 2.19. The van der Waals surface area contributed by atoms with Crippen molar-refractivity contribution >= 4 is 30.7 Å². The molecule has 1 aromatic rings. The van der Waals surface area contributed by atoms with Crippen LogP contribution in [-0.4, -0.2) is 53.8 Å². The first kappa shape index (κ1) is 18.9. The summed E-state index contributed by atoms with van der Waals surface area (Å²) in [5, 5.41) is 3.21. The fourth-order valence-electron chi connectivity index (χ4n) is 2.21. The van der Waals surface area contributed by atoms with Gasteiger partial charge in [-0.3, -0.25) is 9.37 Å². The fourth-order valence-corrected chi connectivity index (χ4v) is 5.29. The smallest absolute Gasteiger partial charge is 0.362 e. The van der Waals surface area contributed by atoms with E-state index in [2.05, 4.69) is 5.09 Å². The average molecular weight is 370 g/mol. The van der Waals surface area contributed by atoms with Crippen molar-refractivity contribution in [2.45, 2.75) is 32.9 Å². The van der Waals surface area contributed by atoms with Crippen molar-refractivity contribution in [1.82, 2.24) is 9.76 Å². The molecule has 132 valence electrons. The molecule has 2 atom stereocenters. The van der Waals surface area contributed by atoms with E-state index in [0.29, 0.717) is 5.75 Å². The first-order valence-electron chi connectivity index (χ1n) is 7.95. The van der Waals surface area contributed by atoms with Crippen LogP contribution in [0.1, 0.15) is 20.8 Å². The van der Waals surface area contributed by atoms with Gasteiger partial charge in [-0.15, -0.1) is 0 Å². The summed E-state index contributed by atoms with van der Waals surface area (Å²) >= 11 is 5.84. The molecule has 8 heteroatoms. The molecular weight excluding hydrogens is 345 g/mol. The van der Waals surface area contributed by atoms with Gasteiger partial charge in [-0.05, 0) is 32.9 Å². The van der Waals surface area contributed by atoms with Gasteiger partial charge in [0.25, 0.3) is 0 Å². The topological polar surface area (TPSA) is 53.8 Å². The SMILES string of the molecule is CC(C)OC(=O)C(C)NP(=S)(Oc1ccccc1)N1C=[N+](C)CC1. The Morgan fingerprint density at radius 3 is 2.54 bits per heavy atom. The summed E-state index contributed by atoms with van der Waals surface area (Å²) in [5.41, 5.74) is 0. The molecule has 6 nitrogen and oxygen atoms in total. The third-order valence-corrected chi connectivity index (χ3v) is 6.71. The van der Waals surface area contributed by atoms with E-state index in [1.807, 2.05) is 66.8 Å². The van der Waals surface area contributed by atoms with Crippen LogP contribution in [0.25, 0.3) is 0 Å². The second kappa shape index (κ2) is 8.10. The van der Waals surface area contributed by atoms with E-state index in [9.17, 15) is 4.79 Å². The summed E-state index contributed by atoms with van der Waals surface area (Å²) in [6, 6.07) is 8.87. The summed E-state index contributed by atoms with van der Waals surface area (Å²) < 4.78 is 15.4. The number of benzene rings is 1. The molecule has 0 spiro atoms. The molecule has 0 saturated heterocycles. The van der Waals surface area contributed by atoms with Gasteiger partial charge in [0.1, 0.15) is 24.9 Å². The number of carbonyl (C=O) groups excluding carboxylic acids is 1. The number of carbonyl (C=O) groups is 1. The molecule has 24 heavy (non-hydrogen) atoms. The van der Waals surface area contributed by atoms with Gasteiger partial charge < -0.3 is 9.26 Å². The molecule has 1 aliphatic heterocycles. The van der Waals surface area contributed by atoms with Crippen molar-refractivity contribution in [2.24, 2.45) is 0 Å². The molecule has 2 rings (SSSR count). The molecule has 1 aliphatic rings. The van der Waals surface area contributed by atoms with Gasteiger partial charge in [0.05, 0.1) is 13.2 Å². The van der Waals surface area contributed by atoms with E-state index in [1.165, 1.54) is 0 Å². The van der Waals surface area contributed by atoms with Crippen molar-refractivity contribution in [3.8, 4) is 5.75 Å². The highest BCUT2D eigenvalue weighted by Crippen LogP contribution is 2.47. The van der Waals surface area contributed by atoms with Crippen LogP contribution in [0.15, 0.2) is 30.3 Å². The van der Waals surface area contributed by atoms with Crippen LogP contribution in [0.5, 0.6) is 5.75 Å². The van der Waals surface area contributed by atoms with Crippen molar-refractivity contribution in [2.75, 3.05) is 20.1 Å². The zero-order valence-electron chi connectivity index (χ0n) is 14.5. The summed E-state index contributed by atoms with van der Waals surface area (Å²) in [7, 11) is 1.98. The third kappa shape index (κ3) is 5.03. The minimum Gasteiger partial charge on any atom is -0.462 e. The highest BCUT2D eigenvalue weighted by atomic mass is 32.5. The minimum atomic E-state index is -2.66. The Hall–Kier alpha value is -1.43. The number of ether oxygens (including phenoxy) is 1. The zero-order valence-corrected chi connectivity index (χ0v) is 16.2. The van der Waals surface area contributed by atoms with Crippen LogP contribution < -0.4 is 9.61 Å². The fraction of sp³-hybridized carbons (Fsp3) is 0.500. The number of para-hydroxylation sites is 1. The monoisotopic (exact) mass is 370 g/mol. The van der Waals surface area contributed by atoms with Crippen molar-refractivity contribution < 1.29 is 18.6 Å². The van der Waals surface area contributed by atoms with Gasteiger partial charge in [0.15, 0.2) is 0 Å². The molecule has 0 aliphatic carbocycles. The van der Waals surface area contributed by atoms with Gasteiger partial charge in [0.2, 0.25) is 6.34 Å². The van der Waals surface area contributed by atoms with Gasteiger partial charge in [-0.1, -0.05) is 18.2 Å². The van der Waals surface area contributed by atoms with E-state index >= 15 is 0 Å². The Morgan fingerprint density at radius 2 is 2.00 bits per heavy atom. The first-order valence-corrected chi connectivity index (χ1v) is 10.6. The van der Waals surface area contributed by atoms with E-state index in [4.69, 9.17) is 21.1 Å². The molecule has 0 amide bonds. The quantitative estimate of drug-likeness (QED) is 0.451. The van der Waals surface area contributed by atoms with Crippen molar-refractivity contribution in [1.29, 1.82) is 0 Å². The van der Waals surface area contributed by atoms with Crippen LogP contribution in [0.4, 0.5) is 0 Å². The van der Waals surface area contributed by atoms with E-state index in [1.54, 1.807) is 6.92 Å². The average Bonchev–Trinajstić information content (AvgIpc) is 2.95. The Bertz CT molecular complexity index is 651. The number of nitrogens with zero attached hydrogens (tertiary/aromatic N) is 2. The van der Waals surface area contributed by atoms with E-state index in [-0.39, 0.29) is 12.1 Å². The lowest BCUT2D eigenvalue weighted by Crippen LogP contribution is -2.40. The van der Waals surface area contributed by atoms with Crippen molar-refractivity contribution in [3.05, 3.63) is 30.3 Å². The second-order valence-corrected chi connectivity index (χ2v) is 9.50. The lowest BCUT2D eigenvalue weighted by molar-refractivity contribution is -0.482. The lowest BCUT2D eigenvalue weighted by atomic mass is 10.3. The van der Waals surface area contributed by atoms with Gasteiger partial charge >= 0.3 is 12.5 Å². The molecule has 1 aromatic carbocycles. The highest BCUT2D eigenvalue weighted by molar-refractivity contribution is 8.10. The van der Waals surface area contributed by atoms with Crippen LogP contribution in [0, 0.1) is 0 Å². The lowest BCUT2D eigenvalue weighted by Gasteiger charge is -2.28. The second-order valence-electron chi connectivity index (χ2n) is 6.02. The molecule has 2 unspecified atom stereocenters. The largest absolute Gasteiger partial charge is 0.462 e. The Labute approximate surface area is 148 Å². The summed E-state index contributed by atoms with van der Waals surface area (Å²) in [4.78, 5) is 12.2. The number of esters is 1. The van der Waals surface area contributed by atoms with Crippen LogP contribution >= 0.6 is 6.57 Å². The number of hydrogen-bond donors (Lipinski definition) is 1. The third-order valence-electron chi connectivity index (χ3n) is 3.38. The molecule has 1 heterocycles. The molecule has 0 aromatic heterocycles. The zero-order chi connectivity index (χ0) is 17.7. The molecular formula is C16H25N3O3PS+. The maximum Gasteiger partial charge on any atom is 0.362 e. The first-order chi connectivity index (χ1) is 11.3. The number of likely N-dealkylation sites (N-methyl/N-ethyl adjacent to an activating group) is 1. The van der Waals surface area contributed by atoms with Gasteiger partial charge in [-0.2, -0.15) is 4.67 Å². The molecule has 0 fully saturated rings. The predicted molar refractivity (Wildman–Crippen MR) is 99.0 cm³/mol. The van der Waals surface area contributed by atoms with Crippen LogP contribution in [-0.2, 0) is 21.3 Å². The summed E-state index contributed by atoms with van der Waals surface area (Å²) in [6.07, 6.45) is 1.77. The highest BCUT2D eigenvalue weighted by Gasteiger charge is 2.39. The molecule has 1 N–H and O–H groups in total. The summed E-state index contributed by atoms with van der Waals surface area (Å²) in [6.45, 7) is 4.35. The van der Waals surface area contributed by atoms with Crippen LogP contribution in [0.3, 0.4) is 0 Å². The number of rotatable bonds is 7. The normalized spacial score (nSPS) is 18.0. The molecule has 0 radical (unpaired) electrons. The Morgan fingerprint density at radius 1 is 1.33 bits per heavy atom. The number of nitrogens with one attached hydrogen (secondary N) is 1. The van der Waals surface area contributed by atoms with E-state index < -0.39 is 12.6 Å². The van der Waals surface area contributed by atoms with E-state index in [0.717, 1.165) is 13.1 Å². The summed E-state index contributed by atoms with van der Waals surface area (Å²) in [5.74, 6) is 0.351. The Kier molecular flexibility index (Phi) is 6.38. The molecule has 0 bridgehead atoms. The minimum absolute atomic E-state index is 0.167. The molecule has 0 saturated carbocycles. The van der Waals surface area contributed by atoms with Gasteiger partial charge in [0, 0.05) is 11.8 Å². The standard InChI is InChI=1S/C16H25N3O3PS/c1-13(2)21-16(20)14(3)17-23(24,19-11-10-18(4)12-19)22-15-8-6-5-7-9-15/h5-9,12-14H,10-11H2,1-4H3,(H,17,24)/q+1. The van der Waals surface area contributed by atoms with Crippen LogP contribution in [0.2, 0.25) is 0 Å².